The molecule has 132 valence electrons. The van der Waals surface area contributed by atoms with E-state index in [1.54, 1.807) is 0 Å². The Kier molecular flexibility index (Phi) is 5.41. The highest BCUT2D eigenvalue weighted by Crippen LogP contribution is 2.48. The van der Waals surface area contributed by atoms with Crippen molar-refractivity contribution in [2.75, 3.05) is 32.6 Å². The molecule has 1 aromatic rings. The number of benzene rings is 1. The Morgan fingerprint density at radius 1 is 1.29 bits per heavy atom. The minimum atomic E-state index is -0.517. The number of fused-ring (bicyclic) bond motifs is 2. The predicted octanol–water partition coefficient (Wildman–Crippen LogP) is 2.36. The van der Waals surface area contributed by atoms with E-state index < -0.39 is 6.10 Å². The van der Waals surface area contributed by atoms with Crippen molar-refractivity contribution in [3.63, 3.8) is 0 Å². The van der Waals surface area contributed by atoms with Crippen LogP contribution in [0.1, 0.15) is 25.7 Å². The van der Waals surface area contributed by atoms with Gasteiger partial charge >= 0.3 is 0 Å². The third kappa shape index (κ3) is 4.28. The van der Waals surface area contributed by atoms with Gasteiger partial charge in [-0.25, -0.2) is 0 Å². The summed E-state index contributed by atoms with van der Waals surface area (Å²) < 4.78 is 5.58. The van der Waals surface area contributed by atoms with Crippen molar-refractivity contribution in [2.24, 2.45) is 17.8 Å². The van der Waals surface area contributed by atoms with E-state index in [0.29, 0.717) is 18.2 Å². The van der Waals surface area contributed by atoms with E-state index in [0.717, 1.165) is 18.0 Å². The lowest BCUT2D eigenvalue weighted by molar-refractivity contribution is -0.121. The number of aliphatic hydroxyl groups is 1. The highest BCUT2D eigenvalue weighted by molar-refractivity contribution is 5.93. The Bertz CT molecular complexity index is 558. The lowest BCUT2D eigenvalue weighted by atomic mass is 9.88. The van der Waals surface area contributed by atoms with Gasteiger partial charge < -0.3 is 20.1 Å². The molecule has 24 heavy (non-hydrogen) atoms. The molecule has 5 heteroatoms. The molecule has 1 aromatic carbocycles. The zero-order valence-corrected chi connectivity index (χ0v) is 14.6. The van der Waals surface area contributed by atoms with Crippen LogP contribution in [0.15, 0.2) is 24.3 Å². The van der Waals surface area contributed by atoms with E-state index in [4.69, 9.17) is 4.74 Å². The summed E-state index contributed by atoms with van der Waals surface area (Å²) in [6.45, 7) is 0.826. The Morgan fingerprint density at radius 3 is 2.62 bits per heavy atom. The summed E-state index contributed by atoms with van der Waals surface area (Å²) in [5.74, 6) is 2.43. The quantitative estimate of drug-likeness (QED) is 0.805. The molecule has 0 saturated heterocycles. The average molecular weight is 332 g/mol. The van der Waals surface area contributed by atoms with Gasteiger partial charge in [-0.1, -0.05) is 6.42 Å². The van der Waals surface area contributed by atoms with Gasteiger partial charge in [-0.05, 0) is 69.5 Å². The van der Waals surface area contributed by atoms with Crippen LogP contribution in [0.4, 0.5) is 5.69 Å². The molecular weight excluding hydrogens is 304 g/mol. The van der Waals surface area contributed by atoms with E-state index >= 15 is 0 Å². The third-order valence-corrected chi connectivity index (χ3v) is 5.21. The number of nitrogens with zero attached hydrogens (tertiary/aromatic N) is 1. The number of carbonyl (C=O) groups excluding carboxylic acids is 1. The molecule has 4 atom stereocenters. The van der Waals surface area contributed by atoms with Crippen molar-refractivity contribution >= 4 is 11.6 Å². The van der Waals surface area contributed by atoms with Crippen LogP contribution in [0.25, 0.3) is 0 Å². The Hall–Kier alpha value is -1.59. The van der Waals surface area contributed by atoms with Crippen molar-refractivity contribution in [3.05, 3.63) is 24.3 Å². The van der Waals surface area contributed by atoms with Crippen LogP contribution >= 0.6 is 0 Å². The summed E-state index contributed by atoms with van der Waals surface area (Å²) in [5, 5.41) is 12.8. The molecule has 2 aliphatic carbocycles. The molecule has 3 rings (SSSR count). The van der Waals surface area contributed by atoms with E-state index in [1.165, 1.54) is 19.3 Å². The van der Waals surface area contributed by atoms with Gasteiger partial charge in [0.1, 0.15) is 18.5 Å². The molecule has 1 amide bonds. The van der Waals surface area contributed by atoms with Crippen LogP contribution in [0.2, 0.25) is 0 Å². The summed E-state index contributed by atoms with van der Waals surface area (Å²) in [4.78, 5) is 14.3. The zero-order chi connectivity index (χ0) is 17.1. The van der Waals surface area contributed by atoms with Crippen molar-refractivity contribution in [3.8, 4) is 5.75 Å². The highest BCUT2D eigenvalue weighted by Gasteiger charge is 2.42. The fourth-order valence-corrected chi connectivity index (χ4v) is 4.10. The standard InChI is InChI=1S/C19H28N2O3/c1-21(2)11-16(22)12-24-17-7-5-15(6-8-17)20-19(23)18-10-13-3-4-14(18)9-13/h5-8,13-14,16,18,22H,3-4,9-12H2,1-2H3,(H,20,23). The minimum Gasteiger partial charge on any atom is -0.491 e. The molecule has 2 bridgehead atoms. The first kappa shape index (κ1) is 17.2. The van der Waals surface area contributed by atoms with Gasteiger partial charge in [0.15, 0.2) is 0 Å². The lowest BCUT2D eigenvalue weighted by Gasteiger charge is -2.21. The molecule has 2 fully saturated rings. The molecular formula is C19H28N2O3. The van der Waals surface area contributed by atoms with Crippen LogP contribution in [-0.4, -0.2) is 49.3 Å². The van der Waals surface area contributed by atoms with Crippen molar-refractivity contribution in [2.45, 2.75) is 31.8 Å². The number of ether oxygens (including phenoxy) is 1. The van der Waals surface area contributed by atoms with E-state index in [2.05, 4.69) is 5.32 Å². The number of hydrogen-bond donors (Lipinski definition) is 2. The van der Waals surface area contributed by atoms with Crippen molar-refractivity contribution < 1.29 is 14.6 Å². The van der Waals surface area contributed by atoms with E-state index in [-0.39, 0.29) is 18.4 Å². The first-order valence-electron chi connectivity index (χ1n) is 8.88. The predicted molar refractivity (Wildman–Crippen MR) is 94.1 cm³/mol. The number of rotatable bonds is 7. The summed E-state index contributed by atoms with van der Waals surface area (Å²) in [6, 6.07) is 7.38. The van der Waals surface area contributed by atoms with Gasteiger partial charge in [-0.3, -0.25) is 4.79 Å². The lowest BCUT2D eigenvalue weighted by Crippen LogP contribution is -2.30. The topological polar surface area (TPSA) is 61.8 Å². The first-order chi connectivity index (χ1) is 11.5. The van der Waals surface area contributed by atoms with Crippen LogP contribution in [-0.2, 0) is 4.79 Å². The van der Waals surface area contributed by atoms with Crippen LogP contribution in [0.3, 0.4) is 0 Å². The summed E-state index contributed by atoms with van der Waals surface area (Å²) in [7, 11) is 3.83. The van der Waals surface area contributed by atoms with Gasteiger partial charge in [0.25, 0.3) is 0 Å². The van der Waals surface area contributed by atoms with Gasteiger partial charge in [0.05, 0.1) is 0 Å². The van der Waals surface area contributed by atoms with Gasteiger partial charge in [-0.2, -0.15) is 0 Å². The average Bonchev–Trinajstić information content (AvgIpc) is 3.16. The number of carbonyl (C=O) groups is 1. The monoisotopic (exact) mass is 332 g/mol. The molecule has 0 spiro atoms. The third-order valence-electron chi connectivity index (χ3n) is 5.21. The second-order valence-corrected chi connectivity index (χ2v) is 7.52. The van der Waals surface area contributed by atoms with Crippen molar-refractivity contribution in [1.82, 2.24) is 4.90 Å². The molecule has 0 aromatic heterocycles. The minimum absolute atomic E-state index is 0.164. The largest absolute Gasteiger partial charge is 0.491 e. The Labute approximate surface area is 144 Å². The normalized spacial score (nSPS) is 26.6. The van der Waals surface area contributed by atoms with Crippen molar-refractivity contribution in [1.29, 1.82) is 0 Å². The molecule has 2 saturated carbocycles. The molecule has 0 radical (unpaired) electrons. The van der Waals surface area contributed by atoms with E-state index in [1.807, 2.05) is 43.3 Å². The molecule has 2 aliphatic rings. The number of anilines is 1. The maximum atomic E-state index is 12.4. The number of hydrogen-bond acceptors (Lipinski definition) is 4. The molecule has 0 heterocycles. The number of nitrogens with one attached hydrogen (secondary N) is 1. The SMILES string of the molecule is CN(C)CC(O)COc1ccc(NC(=O)C2CC3CCC2C3)cc1. The van der Waals surface area contributed by atoms with Gasteiger partial charge in [0, 0.05) is 18.2 Å². The molecule has 2 N–H and O–H groups in total. The van der Waals surface area contributed by atoms with Crippen LogP contribution < -0.4 is 10.1 Å². The number of aliphatic hydroxyl groups excluding tert-OH is 1. The second kappa shape index (κ2) is 7.53. The maximum absolute atomic E-state index is 12.4. The number of amides is 1. The van der Waals surface area contributed by atoms with Gasteiger partial charge in [0.2, 0.25) is 5.91 Å². The van der Waals surface area contributed by atoms with E-state index in [9.17, 15) is 9.90 Å². The fraction of sp³-hybridized carbons (Fsp3) is 0.632. The zero-order valence-electron chi connectivity index (χ0n) is 14.6. The highest BCUT2D eigenvalue weighted by atomic mass is 16.5. The second-order valence-electron chi connectivity index (χ2n) is 7.52. The fourth-order valence-electron chi connectivity index (χ4n) is 4.10. The maximum Gasteiger partial charge on any atom is 0.227 e. The molecule has 0 aliphatic heterocycles. The molecule has 5 nitrogen and oxygen atoms in total. The smallest absolute Gasteiger partial charge is 0.227 e. The molecule has 4 unspecified atom stereocenters. The first-order valence-corrected chi connectivity index (χ1v) is 8.88. The number of likely N-dealkylation sites (N-methyl/N-ethyl adjacent to an activating group) is 1. The summed E-state index contributed by atoms with van der Waals surface area (Å²) >= 11 is 0. The van der Waals surface area contributed by atoms with Gasteiger partial charge in [-0.15, -0.1) is 0 Å². The summed E-state index contributed by atoms with van der Waals surface area (Å²) in [5.41, 5.74) is 0.809. The Balaban J connectivity index is 1.47. The van der Waals surface area contributed by atoms with Crippen LogP contribution in [0, 0.1) is 17.8 Å². The summed E-state index contributed by atoms with van der Waals surface area (Å²) in [6.07, 6.45) is 4.30. The van der Waals surface area contributed by atoms with Crippen LogP contribution in [0.5, 0.6) is 5.75 Å². The Morgan fingerprint density at radius 2 is 2.04 bits per heavy atom.